The number of carbonyl (C=O) groups excluding carboxylic acids is 2. The van der Waals surface area contributed by atoms with Crippen molar-refractivity contribution in [1.29, 1.82) is 0 Å². The van der Waals surface area contributed by atoms with Crippen LogP contribution >= 0.6 is 0 Å². The second kappa shape index (κ2) is 9.19. The van der Waals surface area contributed by atoms with E-state index < -0.39 is 0 Å². The van der Waals surface area contributed by atoms with Gasteiger partial charge >= 0.3 is 0 Å². The molecule has 0 bridgehead atoms. The first-order chi connectivity index (χ1) is 13.1. The Morgan fingerprint density at radius 3 is 2.85 bits per heavy atom. The van der Waals surface area contributed by atoms with E-state index in [1.165, 1.54) is 0 Å². The number of hydrogen-bond donors (Lipinski definition) is 3. The summed E-state index contributed by atoms with van der Waals surface area (Å²) in [6, 6.07) is 5.17. The average Bonchev–Trinajstić information content (AvgIpc) is 2.70. The number of rotatable bonds is 7. The molecule has 2 heterocycles. The summed E-state index contributed by atoms with van der Waals surface area (Å²) in [7, 11) is 0. The van der Waals surface area contributed by atoms with E-state index in [1.54, 1.807) is 12.1 Å². The zero-order chi connectivity index (χ0) is 19.2. The number of morpholine rings is 1. The quantitative estimate of drug-likeness (QED) is 0.635. The molecule has 0 unspecified atom stereocenters. The molecule has 2 aliphatic heterocycles. The van der Waals surface area contributed by atoms with Crippen molar-refractivity contribution < 1.29 is 14.3 Å². The monoisotopic (exact) mass is 374 g/mol. The van der Waals surface area contributed by atoms with E-state index in [1.807, 2.05) is 6.07 Å². The van der Waals surface area contributed by atoms with Crippen LogP contribution in [-0.2, 0) is 9.53 Å². The summed E-state index contributed by atoms with van der Waals surface area (Å²) in [5, 5.41) is 9.19. The largest absolute Gasteiger partial charge is 0.379 e. The molecule has 0 spiro atoms. The Balaban J connectivity index is 1.51. The molecule has 7 heteroatoms. The highest BCUT2D eigenvalue weighted by atomic mass is 16.5. The van der Waals surface area contributed by atoms with Gasteiger partial charge in [-0.3, -0.25) is 14.5 Å². The van der Waals surface area contributed by atoms with Gasteiger partial charge in [0.25, 0.3) is 5.91 Å². The van der Waals surface area contributed by atoms with Gasteiger partial charge in [0.2, 0.25) is 5.91 Å². The molecule has 1 saturated heterocycles. The van der Waals surface area contributed by atoms with E-state index in [4.69, 9.17) is 4.74 Å². The first-order valence-corrected chi connectivity index (χ1v) is 9.88. The van der Waals surface area contributed by atoms with Crippen LogP contribution in [0.2, 0.25) is 0 Å². The van der Waals surface area contributed by atoms with Gasteiger partial charge in [-0.05, 0) is 37.1 Å². The molecule has 0 radical (unpaired) electrons. The Hall–Kier alpha value is -2.12. The Morgan fingerprint density at radius 1 is 1.33 bits per heavy atom. The number of ether oxygens (including phenoxy) is 1. The maximum atomic E-state index is 12.4. The average molecular weight is 374 g/mol. The van der Waals surface area contributed by atoms with E-state index in [0.29, 0.717) is 17.8 Å². The second-order valence-electron chi connectivity index (χ2n) is 7.32. The Morgan fingerprint density at radius 2 is 2.11 bits per heavy atom. The van der Waals surface area contributed by atoms with Gasteiger partial charge in [-0.1, -0.05) is 20.3 Å². The molecule has 7 nitrogen and oxygen atoms in total. The number of amides is 2. The molecule has 148 valence electrons. The third kappa shape index (κ3) is 4.99. The van der Waals surface area contributed by atoms with Gasteiger partial charge in [-0.15, -0.1) is 0 Å². The molecule has 2 atom stereocenters. The van der Waals surface area contributed by atoms with Crippen LogP contribution in [-0.4, -0.2) is 62.1 Å². The Kier molecular flexibility index (Phi) is 6.68. The fourth-order valence-corrected chi connectivity index (χ4v) is 3.43. The van der Waals surface area contributed by atoms with Crippen LogP contribution in [0.15, 0.2) is 18.2 Å². The van der Waals surface area contributed by atoms with E-state index in [2.05, 4.69) is 34.7 Å². The minimum absolute atomic E-state index is 0.0417. The van der Waals surface area contributed by atoms with Gasteiger partial charge in [0.1, 0.15) is 6.04 Å². The van der Waals surface area contributed by atoms with E-state index in [9.17, 15) is 9.59 Å². The Labute approximate surface area is 160 Å². The van der Waals surface area contributed by atoms with Crippen LogP contribution in [0.3, 0.4) is 0 Å². The number of benzene rings is 1. The van der Waals surface area contributed by atoms with Gasteiger partial charge in [-0.2, -0.15) is 0 Å². The van der Waals surface area contributed by atoms with Gasteiger partial charge < -0.3 is 20.7 Å². The SMILES string of the molecule is CC[C@@H](C)[C@H]1Nc2ccc(C(=O)NCCCN3CCOCC3)cc2NC1=O. The summed E-state index contributed by atoms with van der Waals surface area (Å²) in [5.41, 5.74) is 2.09. The Bertz CT molecular complexity index is 673. The summed E-state index contributed by atoms with van der Waals surface area (Å²) in [6.07, 6.45) is 1.83. The molecule has 1 fully saturated rings. The number of fused-ring (bicyclic) bond motifs is 1. The lowest BCUT2D eigenvalue weighted by molar-refractivity contribution is -0.118. The van der Waals surface area contributed by atoms with Gasteiger partial charge in [0, 0.05) is 25.2 Å². The van der Waals surface area contributed by atoms with Crippen LogP contribution in [0.5, 0.6) is 0 Å². The summed E-state index contributed by atoms with van der Waals surface area (Å²) in [5.74, 6) is 0.0885. The molecule has 3 N–H and O–H groups in total. The van der Waals surface area contributed by atoms with Crippen molar-refractivity contribution in [2.45, 2.75) is 32.7 Å². The van der Waals surface area contributed by atoms with Crippen molar-refractivity contribution in [3.05, 3.63) is 23.8 Å². The molecule has 2 amide bonds. The lowest BCUT2D eigenvalue weighted by Gasteiger charge is -2.30. The predicted molar refractivity (Wildman–Crippen MR) is 106 cm³/mol. The number of nitrogens with one attached hydrogen (secondary N) is 3. The maximum absolute atomic E-state index is 12.4. The minimum Gasteiger partial charge on any atom is -0.379 e. The summed E-state index contributed by atoms with van der Waals surface area (Å²) in [4.78, 5) is 27.1. The number of hydrogen-bond acceptors (Lipinski definition) is 5. The first kappa shape index (κ1) is 19.6. The predicted octanol–water partition coefficient (Wildman–Crippen LogP) is 1.92. The molecule has 27 heavy (non-hydrogen) atoms. The van der Waals surface area contributed by atoms with Crippen LogP contribution in [0, 0.1) is 5.92 Å². The van der Waals surface area contributed by atoms with Crippen LogP contribution in [0.25, 0.3) is 0 Å². The highest BCUT2D eigenvalue weighted by molar-refractivity contribution is 6.05. The lowest BCUT2D eigenvalue weighted by atomic mass is 9.95. The molecule has 2 aliphatic rings. The van der Waals surface area contributed by atoms with Crippen molar-refractivity contribution in [3.63, 3.8) is 0 Å². The molecule has 0 aliphatic carbocycles. The zero-order valence-corrected chi connectivity index (χ0v) is 16.2. The van der Waals surface area contributed by atoms with E-state index >= 15 is 0 Å². The second-order valence-corrected chi connectivity index (χ2v) is 7.32. The number of anilines is 2. The maximum Gasteiger partial charge on any atom is 0.251 e. The van der Waals surface area contributed by atoms with Gasteiger partial charge in [0.15, 0.2) is 0 Å². The van der Waals surface area contributed by atoms with Crippen LogP contribution < -0.4 is 16.0 Å². The van der Waals surface area contributed by atoms with E-state index in [-0.39, 0.29) is 23.8 Å². The summed E-state index contributed by atoms with van der Waals surface area (Å²) < 4.78 is 5.33. The highest BCUT2D eigenvalue weighted by Crippen LogP contribution is 2.30. The van der Waals surface area contributed by atoms with Crippen molar-refractivity contribution in [3.8, 4) is 0 Å². The lowest BCUT2D eigenvalue weighted by Crippen LogP contribution is -2.43. The molecule has 1 aromatic carbocycles. The van der Waals surface area contributed by atoms with Gasteiger partial charge in [-0.25, -0.2) is 0 Å². The third-order valence-electron chi connectivity index (χ3n) is 5.39. The van der Waals surface area contributed by atoms with Crippen molar-refractivity contribution >= 4 is 23.2 Å². The number of nitrogens with zero attached hydrogens (tertiary/aromatic N) is 1. The number of carbonyl (C=O) groups is 2. The zero-order valence-electron chi connectivity index (χ0n) is 16.2. The molecule has 0 saturated carbocycles. The molecular weight excluding hydrogens is 344 g/mol. The fourth-order valence-electron chi connectivity index (χ4n) is 3.43. The highest BCUT2D eigenvalue weighted by Gasteiger charge is 2.29. The van der Waals surface area contributed by atoms with Crippen molar-refractivity contribution in [2.24, 2.45) is 5.92 Å². The van der Waals surface area contributed by atoms with Crippen LogP contribution in [0.1, 0.15) is 37.0 Å². The standard InChI is InChI=1S/C20H30N4O3/c1-3-14(2)18-20(26)23-17-13-15(5-6-16(17)22-18)19(25)21-7-4-8-24-9-11-27-12-10-24/h5-6,13-14,18,22H,3-4,7-12H2,1-2H3,(H,21,25)(H,23,26)/t14-,18-/m1/s1. The van der Waals surface area contributed by atoms with Crippen LogP contribution in [0.4, 0.5) is 11.4 Å². The minimum atomic E-state index is -0.234. The van der Waals surface area contributed by atoms with Crippen molar-refractivity contribution in [2.75, 3.05) is 50.0 Å². The fraction of sp³-hybridized carbons (Fsp3) is 0.600. The molecule has 3 rings (SSSR count). The topological polar surface area (TPSA) is 82.7 Å². The molecule has 1 aromatic rings. The van der Waals surface area contributed by atoms with E-state index in [0.717, 1.165) is 51.4 Å². The molecular formula is C20H30N4O3. The smallest absolute Gasteiger partial charge is 0.251 e. The first-order valence-electron chi connectivity index (χ1n) is 9.88. The summed E-state index contributed by atoms with van der Waals surface area (Å²) >= 11 is 0. The van der Waals surface area contributed by atoms with Gasteiger partial charge in [0.05, 0.1) is 24.6 Å². The normalized spacial score (nSPS) is 21.0. The molecule has 0 aromatic heterocycles. The third-order valence-corrected chi connectivity index (χ3v) is 5.39. The van der Waals surface area contributed by atoms with Crippen molar-refractivity contribution in [1.82, 2.24) is 10.2 Å². The summed E-state index contributed by atoms with van der Waals surface area (Å²) in [6.45, 7) is 9.23.